The minimum absolute atomic E-state index is 0.0102. The number of aromatic amines is 1. The van der Waals surface area contributed by atoms with Gasteiger partial charge in [-0.2, -0.15) is 0 Å². The summed E-state index contributed by atoms with van der Waals surface area (Å²) in [5.74, 6) is -7.16. The van der Waals surface area contributed by atoms with Crippen LogP contribution >= 0.6 is 0 Å². The second kappa shape index (κ2) is 31.9. The highest BCUT2D eigenvalue weighted by atomic mass is 19.1. The van der Waals surface area contributed by atoms with Crippen molar-refractivity contribution in [1.82, 2.24) is 42.2 Å². The summed E-state index contributed by atoms with van der Waals surface area (Å²) >= 11 is 0. The molecule has 0 saturated carbocycles. The summed E-state index contributed by atoms with van der Waals surface area (Å²) < 4.78 is 14.7. The van der Waals surface area contributed by atoms with E-state index in [1.165, 1.54) is 25.1 Å². The number of halogens is 1. The van der Waals surface area contributed by atoms with Crippen molar-refractivity contribution in [2.45, 2.75) is 120 Å². The highest BCUT2D eigenvalue weighted by molar-refractivity contribution is 5.98. The molecular weight excluding hydrogens is 1050 g/mol. The van der Waals surface area contributed by atoms with Crippen molar-refractivity contribution < 1.29 is 53.0 Å². The van der Waals surface area contributed by atoms with Crippen LogP contribution in [0, 0.1) is 5.82 Å². The number of aliphatic hydroxyl groups is 1. The van der Waals surface area contributed by atoms with Gasteiger partial charge in [-0.05, 0) is 91.6 Å². The molecule has 21 heteroatoms. The maximum Gasteiger partial charge on any atom is 0.303 e. The lowest BCUT2D eigenvalue weighted by Crippen LogP contribution is -2.62. The number of hydrogen-bond acceptors (Lipinski definition) is 11. The molecule has 6 rings (SSSR count). The predicted octanol–water partition coefficient (Wildman–Crippen LogP) is 2.55. The largest absolute Gasteiger partial charge is 0.481 e. The van der Waals surface area contributed by atoms with E-state index in [1.54, 1.807) is 97.2 Å². The Balaban J connectivity index is 1.25. The number of unbranched alkanes of at least 4 members (excludes halogenated alkanes) is 1. The molecule has 0 unspecified atom stereocenters. The lowest BCUT2D eigenvalue weighted by molar-refractivity contribution is -0.137. The second-order valence-electron chi connectivity index (χ2n) is 20.2. The first-order valence-electron chi connectivity index (χ1n) is 27.3. The number of benzene rings is 5. The van der Waals surface area contributed by atoms with E-state index in [9.17, 15) is 47.9 Å². The Morgan fingerprint density at radius 1 is 0.524 bits per heavy atom. The third kappa shape index (κ3) is 19.8. The first kappa shape index (κ1) is 62.4. The standard InChI is InChI=1S/C61H73FN10O10/c1-38(73)54(61(82)71-51(34-42-23-12-5-13-24-42)59(80)69-49(32-40-19-8-3-9-20-40)56(77)65-30-16-26-53(74)75)72-57(78)48(25-14-15-29-63)67-60(81)52(35-43-37-66-47-28-27-44(62)36-45(43)47)70-58(79)50(33-41-21-10-4-11-22-41)68-55(76)46(64)31-39-17-6-2-7-18-39/h2-13,17-24,27-28,36-38,46,48-52,54,66,73H,14-16,25-26,29-35,63-64H2,1H3,(H,65,77)(H,67,81)(H,68,76)(H,69,80)(H,70,79)(H,71,82)(H,72,78)(H,74,75)/t38-,46+,48+,49+,50+,51+,52-,54+/m1/s1. The van der Waals surface area contributed by atoms with Crippen LogP contribution in [0.5, 0.6) is 0 Å². The Morgan fingerprint density at radius 3 is 1.45 bits per heavy atom. The number of carbonyl (C=O) groups excluding carboxylic acids is 7. The number of aliphatic carboxylic acids is 1. The van der Waals surface area contributed by atoms with Crippen LogP contribution < -0.4 is 48.7 Å². The molecule has 0 aliphatic heterocycles. The average Bonchev–Trinajstić information content (AvgIpc) is 3.97. The van der Waals surface area contributed by atoms with Gasteiger partial charge in [0.1, 0.15) is 42.1 Å². The van der Waals surface area contributed by atoms with Crippen molar-refractivity contribution in [1.29, 1.82) is 0 Å². The van der Waals surface area contributed by atoms with E-state index < -0.39 is 102 Å². The molecule has 0 spiro atoms. The first-order valence-corrected chi connectivity index (χ1v) is 27.3. The average molecular weight is 1130 g/mol. The van der Waals surface area contributed by atoms with Gasteiger partial charge >= 0.3 is 5.97 Å². The van der Waals surface area contributed by atoms with Crippen molar-refractivity contribution in [3.05, 3.63) is 179 Å². The number of nitrogens with one attached hydrogen (secondary N) is 8. The summed E-state index contributed by atoms with van der Waals surface area (Å²) in [6.07, 6.45) is 0.455. The SMILES string of the molecule is C[C@@H](O)[C@H](NC(=O)[C@H](CCCCN)NC(=O)[C@@H](Cc1c[nH]c2ccc(F)cc12)NC(=O)[C@H](Cc1ccccc1)NC(=O)[C@@H](N)Cc1ccccc1)C(=O)N[C@@H](Cc1ccccc1)C(=O)N[C@@H](Cc1ccccc1)C(=O)NCCCC(=O)O. The Hall–Kier alpha value is -8.79. The number of carboxylic acid groups (broad SMARTS) is 1. The third-order valence-corrected chi connectivity index (χ3v) is 13.7. The van der Waals surface area contributed by atoms with Crippen LogP contribution in [0.4, 0.5) is 4.39 Å². The molecule has 6 aromatic rings. The number of H-pyrrole nitrogens is 1. The summed E-state index contributed by atoms with van der Waals surface area (Å²) in [4.78, 5) is 114. The molecule has 14 N–H and O–H groups in total. The molecule has 0 fully saturated rings. The zero-order valence-corrected chi connectivity index (χ0v) is 45.7. The van der Waals surface area contributed by atoms with E-state index in [0.29, 0.717) is 46.0 Å². The lowest BCUT2D eigenvalue weighted by Gasteiger charge is -2.29. The normalized spacial score (nSPS) is 14.1. The molecule has 7 amide bonds. The molecule has 0 saturated heterocycles. The van der Waals surface area contributed by atoms with E-state index in [4.69, 9.17) is 16.6 Å². The molecule has 0 aliphatic rings. The molecule has 1 aromatic heterocycles. The van der Waals surface area contributed by atoms with E-state index in [-0.39, 0.29) is 64.5 Å². The van der Waals surface area contributed by atoms with Crippen molar-refractivity contribution in [3.63, 3.8) is 0 Å². The minimum atomic E-state index is -1.72. The molecule has 8 atom stereocenters. The number of aromatic nitrogens is 1. The van der Waals surface area contributed by atoms with Crippen LogP contribution in [-0.4, -0.2) is 124 Å². The second-order valence-corrected chi connectivity index (χ2v) is 20.2. The van der Waals surface area contributed by atoms with Gasteiger partial charge in [-0.3, -0.25) is 38.4 Å². The number of hydrogen-bond donors (Lipinski definition) is 12. The number of carboxylic acids is 1. The fourth-order valence-corrected chi connectivity index (χ4v) is 9.24. The summed E-state index contributed by atoms with van der Waals surface area (Å²) in [6.45, 7) is 1.49. The first-order chi connectivity index (χ1) is 39.5. The van der Waals surface area contributed by atoms with Crippen LogP contribution in [0.15, 0.2) is 146 Å². The van der Waals surface area contributed by atoms with Gasteiger partial charge in [0, 0.05) is 55.7 Å². The number of fused-ring (bicyclic) bond motifs is 1. The molecule has 0 radical (unpaired) electrons. The lowest BCUT2D eigenvalue weighted by atomic mass is 10.00. The maximum absolute atomic E-state index is 14.8. The number of amides is 7. The summed E-state index contributed by atoms with van der Waals surface area (Å²) in [6, 6.07) is 30.0. The molecule has 5 aromatic carbocycles. The van der Waals surface area contributed by atoms with Crippen LogP contribution in [-0.2, 0) is 70.5 Å². The quantitative estimate of drug-likeness (QED) is 0.0271. The molecular formula is C61H73FN10O10. The van der Waals surface area contributed by atoms with Gasteiger partial charge in [-0.1, -0.05) is 121 Å². The molecule has 20 nitrogen and oxygen atoms in total. The van der Waals surface area contributed by atoms with Crippen molar-refractivity contribution in [3.8, 4) is 0 Å². The Kier molecular flexibility index (Phi) is 24.2. The van der Waals surface area contributed by atoms with E-state index in [2.05, 4.69) is 42.2 Å². The van der Waals surface area contributed by atoms with Crippen LogP contribution in [0.2, 0.25) is 0 Å². The Bertz CT molecular complexity index is 3060. The topological polar surface area (TPSA) is 329 Å². The van der Waals surface area contributed by atoms with Crippen molar-refractivity contribution >= 4 is 58.2 Å². The molecule has 82 heavy (non-hydrogen) atoms. The molecule has 434 valence electrons. The molecule has 0 aliphatic carbocycles. The summed E-state index contributed by atoms with van der Waals surface area (Å²) in [5.41, 5.74) is 16.0. The van der Waals surface area contributed by atoms with Gasteiger partial charge in [0.05, 0.1) is 12.1 Å². The summed E-state index contributed by atoms with van der Waals surface area (Å²) in [7, 11) is 0. The van der Waals surface area contributed by atoms with Crippen LogP contribution in [0.1, 0.15) is 66.8 Å². The number of carbonyl (C=O) groups is 8. The van der Waals surface area contributed by atoms with Crippen molar-refractivity contribution in [2.24, 2.45) is 11.5 Å². The Labute approximate surface area is 475 Å². The van der Waals surface area contributed by atoms with Crippen LogP contribution in [0.25, 0.3) is 10.9 Å². The highest BCUT2D eigenvalue weighted by Crippen LogP contribution is 2.22. The molecule has 1 heterocycles. The van der Waals surface area contributed by atoms with Gasteiger partial charge in [0.2, 0.25) is 41.4 Å². The summed E-state index contributed by atoms with van der Waals surface area (Å²) in [5, 5.41) is 39.6. The number of rotatable bonds is 32. The fourth-order valence-electron chi connectivity index (χ4n) is 9.24. The van der Waals surface area contributed by atoms with Gasteiger partial charge in [-0.15, -0.1) is 0 Å². The number of aliphatic hydroxyl groups excluding tert-OH is 1. The van der Waals surface area contributed by atoms with E-state index in [1.807, 2.05) is 30.3 Å². The molecule has 0 bridgehead atoms. The van der Waals surface area contributed by atoms with E-state index in [0.717, 1.165) is 5.56 Å². The minimum Gasteiger partial charge on any atom is -0.481 e. The number of nitrogens with two attached hydrogens (primary N) is 2. The highest BCUT2D eigenvalue weighted by Gasteiger charge is 2.36. The maximum atomic E-state index is 14.8. The van der Waals surface area contributed by atoms with Crippen LogP contribution in [0.3, 0.4) is 0 Å². The zero-order valence-electron chi connectivity index (χ0n) is 45.7. The predicted molar refractivity (Wildman–Crippen MR) is 307 cm³/mol. The third-order valence-electron chi connectivity index (χ3n) is 13.7. The van der Waals surface area contributed by atoms with Gasteiger partial charge in [-0.25, -0.2) is 4.39 Å². The monoisotopic (exact) mass is 1120 g/mol. The fraction of sp³-hybridized carbons (Fsp3) is 0.344. The van der Waals surface area contributed by atoms with Gasteiger partial charge < -0.3 is 63.9 Å². The van der Waals surface area contributed by atoms with Crippen molar-refractivity contribution in [2.75, 3.05) is 13.1 Å². The Morgan fingerprint density at radius 2 is 0.963 bits per heavy atom. The zero-order chi connectivity index (χ0) is 59.0. The van der Waals surface area contributed by atoms with E-state index >= 15 is 0 Å². The van der Waals surface area contributed by atoms with Gasteiger partial charge in [0.15, 0.2) is 0 Å². The van der Waals surface area contributed by atoms with Gasteiger partial charge in [0.25, 0.3) is 0 Å². The smallest absolute Gasteiger partial charge is 0.303 e.